The van der Waals surface area contributed by atoms with Crippen LogP contribution in [0.4, 0.5) is 0 Å². The number of rotatable bonds is 4. The monoisotopic (exact) mass is 313 g/mol. The third-order valence-corrected chi connectivity index (χ3v) is 5.52. The lowest BCUT2D eigenvalue weighted by Crippen LogP contribution is -1.98. The van der Waals surface area contributed by atoms with Crippen molar-refractivity contribution in [2.75, 3.05) is 0 Å². The van der Waals surface area contributed by atoms with Crippen molar-refractivity contribution in [1.82, 2.24) is 14.5 Å². The summed E-state index contributed by atoms with van der Waals surface area (Å²) in [5.74, 6) is 0.562. The largest absolute Gasteiger partial charge is 0.334 e. The Kier molecular flexibility index (Phi) is 4.04. The molecular weight excluding hydrogens is 290 g/mol. The van der Waals surface area contributed by atoms with Gasteiger partial charge < -0.3 is 4.57 Å². The van der Waals surface area contributed by atoms with Crippen molar-refractivity contribution in [2.24, 2.45) is 7.05 Å². The lowest BCUT2D eigenvalue weighted by Gasteiger charge is -2.11. The van der Waals surface area contributed by atoms with Crippen molar-refractivity contribution in [3.05, 3.63) is 34.5 Å². The highest BCUT2D eigenvalue weighted by Gasteiger charge is 2.19. The van der Waals surface area contributed by atoms with Crippen LogP contribution >= 0.6 is 11.3 Å². The van der Waals surface area contributed by atoms with E-state index in [9.17, 15) is 0 Å². The van der Waals surface area contributed by atoms with E-state index < -0.39 is 0 Å². The summed E-state index contributed by atoms with van der Waals surface area (Å²) in [5, 5.41) is 2.12. The van der Waals surface area contributed by atoms with Gasteiger partial charge in [-0.25, -0.2) is 9.97 Å². The number of aromatic nitrogens is 3. The zero-order valence-electron chi connectivity index (χ0n) is 14.0. The summed E-state index contributed by atoms with van der Waals surface area (Å²) in [6.07, 6.45) is 4.50. The number of hydrogen-bond donors (Lipinski definition) is 0. The van der Waals surface area contributed by atoms with Gasteiger partial charge in [-0.2, -0.15) is 0 Å². The van der Waals surface area contributed by atoms with Gasteiger partial charge in [0.15, 0.2) is 5.65 Å². The summed E-state index contributed by atoms with van der Waals surface area (Å²) in [6, 6.07) is 2.14. The minimum Gasteiger partial charge on any atom is -0.334 e. The average molecular weight is 313 g/mol. The van der Waals surface area contributed by atoms with E-state index in [4.69, 9.17) is 9.97 Å². The van der Waals surface area contributed by atoms with Gasteiger partial charge in [-0.05, 0) is 49.6 Å². The van der Waals surface area contributed by atoms with Crippen molar-refractivity contribution in [2.45, 2.75) is 46.5 Å². The molecule has 3 aromatic heterocycles. The molecule has 3 aromatic rings. The minimum absolute atomic E-state index is 0.562. The van der Waals surface area contributed by atoms with E-state index in [0.29, 0.717) is 5.92 Å². The molecule has 0 radical (unpaired) electrons. The van der Waals surface area contributed by atoms with Crippen LogP contribution in [-0.4, -0.2) is 14.5 Å². The second-order valence-corrected chi connectivity index (χ2v) is 6.89. The summed E-state index contributed by atoms with van der Waals surface area (Å²) in [5.41, 5.74) is 6.74. The molecule has 0 bridgehead atoms. The van der Waals surface area contributed by atoms with Gasteiger partial charge in [-0.15, -0.1) is 11.3 Å². The fourth-order valence-corrected chi connectivity index (χ4v) is 4.11. The molecule has 0 aliphatic rings. The fourth-order valence-electron chi connectivity index (χ4n) is 3.14. The van der Waals surface area contributed by atoms with Crippen molar-refractivity contribution in [1.29, 1.82) is 0 Å². The Morgan fingerprint density at radius 1 is 1.18 bits per heavy atom. The Balaban J connectivity index is 2.24. The van der Waals surface area contributed by atoms with Gasteiger partial charge in [-0.1, -0.05) is 13.8 Å². The van der Waals surface area contributed by atoms with Crippen LogP contribution in [-0.2, 0) is 7.05 Å². The molecule has 22 heavy (non-hydrogen) atoms. The van der Waals surface area contributed by atoms with Crippen LogP contribution in [0.15, 0.2) is 17.6 Å². The molecule has 0 saturated heterocycles. The van der Waals surface area contributed by atoms with Crippen molar-refractivity contribution in [3.8, 4) is 10.6 Å². The molecule has 0 aliphatic heterocycles. The second kappa shape index (κ2) is 5.84. The van der Waals surface area contributed by atoms with Crippen LogP contribution in [0.3, 0.4) is 0 Å². The maximum absolute atomic E-state index is 4.96. The maximum Gasteiger partial charge on any atom is 0.159 e. The Labute approximate surface area is 136 Å². The summed E-state index contributed by atoms with van der Waals surface area (Å²) < 4.78 is 2.13. The van der Waals surface area contributed by atoms with E-state index in [1.165, 1.54) is 16.0 Å². The molecule has 3 nitrogen and oxygen atoms in total. The SMILES string of the molecule is CCC(CC)c1cn(C)c2nc(-c3sccc3C)c(C)nc12. The van der Waals surface area contributed by atoms with Gasteiger partial charge in [0.1, 0.15) is 11.2 Å². The van der Waals surface area contributed by atoms with E-state index in [1.807, 2.05) is 0 Å². The lowest BCUT2D eigenvalue weighted by molar-refractivity contribution is 0.643. The highest BCUT2D eigenvalue weighted by atomic mass is 32.1. The van der Waals surface area contributed by atoms with Crippen LogP contribution in [0.2, 0.25) is 0 Å². The molecule has 0 aliphatic carbocycles. The molecule has 0 N–H and O–H groups in total. The van der Waals surface area contributed by atoms with E-state index in [1.54, 1.807) is 11.3 Å². The van der Waals surface area contributed by atoms with Crippen LogP contribution in [0.5, 0.6) is 0 Å². The zero-order valence-corrected chi connectivity index (χ0v) is 14.8. The van der Waals surface area contributed by atoms with Crippen LogP contribution in [0.1, 0.15) is 49.4 Å². The van der Waals surface area contributed by atoms with Gasteiger partial charge in [0.05, 0.1) is 10.6 Å². The quantitative estimate of drug-likeness (QED) is 0.661. The first-order valence-corrected chi connectivity index (χ1v) is 8.82. The van der Waals surface area contributed by atoms with Crippen LogP contribution < -0.4 is 0 Å². The second-order valence-electron chi connectivity index (χ2n) is 5.97. The van der Waals surface area contributed by atoms with E-state index in [0.717, 1.165) is 35.4 Å². The summed E-state index contributed by atoms with van der Waals surface area (Å²) >= 11 is 1.74. The number of thiophene rings is 1. The number of aryl methyl sites for hydroxylation is 3. The molecular formula is C18H23N3S. The summed E-state index contributed by atoms with van der Waals surface area (Å²) in [6.45, 7) is 8.70. The van der Waals surface area contributed by atoms with E-state index in [2.05, 4.69) is 57.0 Å². The predicted molar refractivity (Wildman–Crippen MR) is 94.6 cm³/mol. The van der Waals surface area contributed by atoms with Gasteiger partial charge in [0.25, 0.3) is 0 Å². The first-order valence-electron chi connectivity index (χ1n) is 7.94. The van der Waals surface area contributed by atoms with Crippen LogP contribution in [0, 0.1) is 13.8 Å². The molecule has 0 atom stereocenters. The first-order chi connectivity index (χ1) is 10.6. The highest BCUT2D eigenvalue weighted by Crippen LogP contribution is 2.34. The summed E-state index contributed by atoms with van der Waals surface area (Å²) in [7, 11) is 2.07. The Morgan fingerprint density at radius 2 is 1.91 bits per heavy atom. The maximum atomic E-state index is 4.96. The molecule has 0 aromatic carbocycles. The van der Waals surface area contributed by atoms with Crippen LogP contribution in [0.25, 0.3) is 21.7 Å². The molecule has 3 heterocycles. The lowest BCUT2D eigenvalue weighted by atomic mass is 9.96. The summed E-state index contributed by atoms with van der Waals surface area (Å²) in [4.78, 5) is 11.1. The predicted octanol–water partition coefficient (Wildman–Crippen LogP) is 5.22. The third-order valence-electron chi connectivity index (χ3n) is 4.49. The number of fused-ring (bicyclic) bond motifs is 1. The van der Waals surface area contributed by atoms with Crippen molar-refractivity contribution >= 4 is 22.5 Å². The Hall–Kier alpha value is -1.68. The highest BCUT2D eigenvalue weighted by molar-refractivity contribution is 7.13. The third kappa shape index (κ3) is 2.35. The molecule has 0 fully saturated rings. The topological polar surface area (TPSA) is 30.7 Å². The molecule has 0 saturated carbocycles. The van der Waals surface area contributed by atoms with Crippen molar-refractivity contribution in [3.63, 3.8) is 0 Å². The molecule has 4 heteroatoms. The first kappa shape index (κ1) is 15.2. The molecule has 0 unspecified atom stereocenters. The van der Waals surface area contributed by atoms with Gasteiger partial charge in [0, 0.05) is 18.8 Å². The van der Waals surface area contributed by atoms with Crippen molar-refractivity contribution < 1.29 is 0 Å². The normalized spacial score (nSPS) is 11.7. The van der Waals surface area contributed by atoms with Gasteiger partial charge >= 0.3 is 0 Å². The number of hydrogen-bond acceptors (Lipinski definition) is 3. The smallest absolute Gasteiger partial charge is 0.159 e. The average Bonchev–Trinajstić information content (AvgIpc) is 3.05. The fraction of sp³-hybridized carbons (Fsp3) is 0.444. The van der Waals surface area contributed by atoms with Gasteiger partial charge in [0.2, 0.25) is 0 Å². The Morgan fingerprint density at radius 3 is 2.50 bits per heavy atom. The standard InChI is InChI=1S/C18H23N3S/c1-6-13(7-2)14-10-21(5)18-16(14)19-12(4)15(20-18)17-11(3)8-9-22-17/h8-10,13H,6-7H2,1-5H3. The minimum atomic E-state index is 0.562. The van der Waals surface area contributed by atoms with E-state index in [-0.39, 0.29) is 0 Å². The van der Waals surface area contributed by atoms with E-state index >= 15 is 0 Å². The molecule has 3 rings (SSSR count). The zero-order chi connectivity index (χ0) is 15.9. The molecule has 0 spiro atoms. The molecule has 0 amide bonds. The Bertz CT molecular complexity index is 809. The van der Waals surface area contributed by atoms with Gasteiger partial charge in [-0.3, -0.25) is 0 Å². The number of nitrogens with zero attached hydrogens (tertiary/aromatic N) is 3. The molecule has 116 valence electrons.